The highest BCUT2D eigenvalue weighted by Crippen LogP contribution is 2.27. The molecule has 2 heterocycles. The Morgan fingerprint density at radius 3 is 2.86 bits per heavy atom. The minimum absolute atomic E-state index is 0.211. The van der Waals surface area contributed by atoms with Gasteiger partial charge in [-0.15, -0.1) is 0 Å². The molecule has 0 spiro atoms. The molecule has 0 aliphatic heterocycles. The molecule has 1 saturated carbocycles. The Balaban J connectivity index is 1.51. The summed E-state index contributed by atoms with van der Waals surface area (Å²) in [4.78, 5) is 34.4. The van der Waals surface area contributed by atoms with Crippen LogP contribution in [0.1, 0.15) is 42.5 Å². The van der Waals surface area contributed by atoms with Crippen molar-refractivity contribution < 1.29 is 9.53 Å². The average molecular weight is 410 g/mol. The molecule has 1 aliphatic rings. The van der Waals surface area contributed by atoms with E-state index in [0.29, 0.717) is 40.6 Å². The smallest absolute Gasteiger partial charge is 0.259 e. The Bertz CT molecular complexity index is 1150. The van der Waals surface area contributed by atoms with Crippen molar-refractivity contribution in [3.05, 3.63) is 57.2 Å². The number of fused-ring (bicyclic) bond motifs is 1. The zero-order valence-corrected chi connectivity index (χ0v) is 16.7. The molecule has 0 bridgehead atoms. The number of hydrogen-bond acceptors (Lipinski definition) is 5. The number of aromatic amines is 2. The molecule has 1 aromatic carbocycles. The fourth-order valence-electron chi connectivity index (χ4n) is 3.65. The Kier molecular flexibility index (Phi) is 5.71. The number of pyridine rings is 1. The molecule has 0 saturated heterocycles. The number of hydrogen-bond donors (Lipinski definition) is 3. The first-order valence-corrected chi connectivity index (χ1v) is 10.2. The second kappa shape index (κ2) is 8.57. The summed E-state index contributed by atoms with van der Waals surface area (Å²) in [7, 11) is 0. The summed E-state index contributed by atoms with van der Waals surface area (Å²) in [5.41, 5.74) is 0.595. The van der Waals surface area contributed by atoms with Crippen molar-refractivity contribution in [3.63, 3.8) is 0 Å². The third-order valence-electron chi connectivity index (χ3n) is 5.20. The molecule has 1 fully saturated rings. The lowest BCUT2D eigenvalue weighted by Gasteiger charge is -2.22. The van der Waals surface area contributed by atoms with Gasteiger partial charge in [0.1, 0.15) is 0 Å². The summed E-state index contributed by atoms with van der Waals surface area (Å²) >= 11 is 5.00. The fraction of sp³-hybridized carbons (Fsp3) is 0.333. The SMILES string of the molecule is O=C(Nc1ncccc1OCC1CCCCC1)c1ccc2c(=O)[nH]c(=S)[nH]c2c1. The van der Waals surface area contributed by atoms with Crippen LogP contribution in [0.25, 0.3) is 10.9 Å². The predicted molar refractivity (Wildman–Crippen MR) is 114 cm³/mol. The Morgan fingerprint density at radius 1 is 1.21 bits per heavy atom. The van der Waals surface area contributed by atoms with Gasteiger partial charge in [0.2, 0.25) is 0 Å². The van der Waals surface area contributed by atoms with E-state index in [2.05, 4.69) is 20.3 Å². The van der Waals surface area contributed by atoms with Crippen LogP contribution in [0.5, 0.6) is 5.75 Å². The van der Waals surface area contributed by atoms with Crippen molar-refractivity contribution in [1.29, 1.82) is 0 Å². The summed E-state index contributed by atoms with van der Waals surface area (Å²) in [6.07, 6.45) is 7.77. The molecule has 29 heavy (non-hydrogen) atoms. The maximum Gasteiger partial charge on any atom is 0.259 e. The van der Waals surface area contributed by atoms with E-state index in [1.807, 2.05) is 6.07 Å². The van der Waals surface area contributed by atoms with E-state index in [9.17, 15) is 9.59 Å². The number of carbonyl (C=O) groups excluding carboxylic acids is 1. The highest BCUT2D eigenvalue weighted by Gasteiger charge is 2.16. The minimum atomic E-state index is -0.340. The first-order valence-electron chi connectivity index (χ1n) is 9.76. The van der Waals surface area contributed by atoms with Crippen LogP contribution in [0.4, 0.5) is 5.82 Å². The minimum Gasteiger partial charge on any atom is -0.489 e. The van der Waals surface area contributed by atoms with Gasteiger partial charge in [0.05, 0.1) is 17.5 Å². The normalized spacial score (nSPS) is 14.6. The Labute approximate surface area is 172 Å². The van der Waals surface area contributed by atoms with Crippen LogP contribution in [0.15, 0.2) is 41.3 Å². The summed E-state index contributed by atoms with van der Waals surface area (Å²) in [6, 6.07) is 8.38. The number of nitrogens with zero attached hydrogens (tertiary/aromatic N) is 1. The molecule has 0 atom stereocenters. The van der Waals surface area contributed by atoms with Gasteiger partial charge >= 0.3 is 0 Å². The molecule has 2 aromatic heterocycles. The number of benzene rings is 1. The summed E-state index contributed by atoms with van der Waals surface area (Å²) < 4.78 is 6.18. The summed E-state index contributed by atoms with van der Waals surface area (Å²) in [5.74, 6) is 1.15. The number of nitrogens with one attached hydrogen (secondary N) is 3. The predicted octanol–water partition coefficient (Wildman–Crippen LogP) is 4.19. The lowest BCUT2D eigenvalue weighted by Crippen LogP contribution is -2.18. The van der Waals surface area contributed by atoms with Gasteiger partial charge in [0, 0.05) is 11.8 Å². The monoisotopic (exact) mass is 410 g/mol. The van der Waals surface area contributed by atoms with Gasteiger partial charge in [0.15, 0.2) is 16.3 Å². The van der Waals surface area contributed by atoms with E-state index in [1.54, 1.807) is 30.5 Å². The van der Waals surface area contributed by atoms with Gasteiger partial charge < -0.3 is 15.0 Å². The van der Waals surface area contributed by atoms with Gasteiger partial charge in [-0.25, -0.2) is 4.98 Å². The zero-order valence-electron chi connectivity index (χ0n) is 15.9. The van der Waals surface area contributed by atoms with Crippen molar-refractivity contribution in [2.45, 2.75) is 32.1 Å². The quantitative estimate of drug-likeness (QED) is 0.548. The van der Waals surface area contributed by atoms with Crippen molar-refractivity contribution in [3.8, 4) is 5.75 Å². The number of H-pyrrole nitrogens is 2. The van der Waals surface area contributed by atoms with Gasteiger partial charge in [-0.05, 0) is 61.3 Å². The highest BCUT2D eigenvalue weighted by atomic mass is 32.1. The third-order valence-corrected chi connectivity index (χ3v) is 5.41. The average Bonchev–Trinajstić information content (AvgIpc) is 2.73. The maximum absolute atomic E-state index is 12.8. The van der Waals surface area contributed by atoms with Crippen molar-refractivity contribution in [2.24, 2.45) is 5.92 Å². The van der Waals surface area contributed by atoms with Crippen LogP contribution in [0, 0.1) is 10.7 Å². The standard InChI is InChI=1S/C21H22N4O3S/c26-19(14-8-9-15-16(11-14)23-21(29)25-20(15)27)24-18-17(7-4-10-22-18)28-12-13-5-2-1-3-6-13/h4,7-11,13H,1-3,5-6,12H2,(H,22,24,26)(H2,23,25,27,29). The van der Waals surface area contributed by atoms with E-state index in [-0.39, 0.29) is 16.2 Å². The van der Waals surface area contributed by atoms with Crippen LogP contribution in [0.2, 0.25) is 0 Å². The Hall–Kier alpha value is -3.00. The maximum atomic E-state index is 12.8. The van der Waals surface area contributed by atoms with Crippen LogP contribution < -0.4 is 15.6 Å². The molecule has 1 amide bonds. The van der Waals surface area contributed by atoms with Gasteiger partial charge in [0.25, 0.3) is 11.5 Å². The molecular weight excluding hydrogens is 388 g/mol. The molecule has 3 aromatic rings. The van der Waals surface area contributed by atoms with Crippen LogP contribution in [-0.2, 0) is 0 Å². The number of aromatic nitrogens is 3. The molecular formula is C21H22N4O3S. The first-order chi connectivity index (χ1) is 14.1. The molecule has 3 N–H and O–H groups in total. The van der Waals surface area contributed by atoms with Gasteiger partial charge in [-0.1, -0.05) is 19.3 Å². The third kappa shape index (κ3) is 4.54. The molecule has 7 nitrogen and oxygen atoms in total. The summed E-state index contributed by atoms with van der Waals surface area (Å²) in [6.45, 7) is 0.629. The lowest BCUT2D eigenvalue weighted by atomic mass is 9.90. The number of anilines is 1. The number of amides is 1. The van der Waals surface area contributed by atoms with Crippen LogP contribution >= 0.6 is 12.2 Å². The summed E-state index contributed by atoms with van der Waals surface area (Å²) in [5, 5.41) is 3.24. The van der Waals surface area contributed by atoms with E-state index in [1.165, 1.54) is 32.1 Å². The van der Waals surface area contributed by atoms with Crippen molar-refractivity contribution in [1.82, 2.24) is 15.0 Å². The molecule has 1 aliphatic carbocycles. The molecule has 150 valence electrons. The van der Waals surface area contributed by atoms with Crippen molar-refractivity contribution >= 4 is 34.8 Å². The van der Waals surface area contributed by atoms with E-state index in [4.69, 9.17) is 17.0 Å². The van der Waals surface area contributed by atoms with Gasteiger partial charge in [-0.2, -0.15) is 0 Å². The number of ether oxygens (including phenoxy) is 1. The fourth-order valence-corrected chi connectivity index (χ4v) is 3.86. The highest BCUT2D eigenvalue weighted by molar-refractivity contribution is 7.71. The molecule has 8 heteroatoms. The molecule has 0 unspecified atom stereocenters. The van der Waals surface area contributed by atoms with Crippen LogP contribution in [-0.4, -0.2) is 27.5 Å². The van der Waals surface area contributed by atoms with Crippen LogP contribution in [0.3, 0.4) is 0 Å². The van der Waals surface area contributed by atoms with E-state index in [0.717, 1.165) is 0 Å². The second-order valence-electron chi connectivity index (χ2n) is 7.29. The van der Waals surface area contributed by atoms with E-state index >= 15 is 0 Å². The topological polar surface area (TPSA) is 99.9 Å². The second-order valence-corrected chi connectivity index (χ2v) is 7.70. The zero-order chi connectivity index (χ0) is 20.2. The van der Waals surface area contributed by atoms with Crippen molar-refractivity contribution in [2.75, 3.05) is 11.9 Å². The largest absolute Gasteiger partial charge is 0.489 e. The molecule has 0 radical (unpaired) electrons. The lowest BCUT2D eigenvalue weighted by molar-refractivity contribution is 0.102. The Morgan fingerprint density at radius 2 is 2.03 bits per heavy atom. The first kappa shape index (κ1) is 19.3. The number of carbonyl (C=O) groups is 1. The van der Waals surface area contributed by atoms with E-state index < -0.39 is 0 Å². The van der Waals surface area contributed by atoms with Gasteiger partial charge in [-0.3, -0.25) is 14.6 Å². The number of rotatable bonds is 5. The molecule has 4 rings (SSSR count).